The lowest BCUT2D eigenvalue weighted by atomic mass is 10.1. The summed E-state index contributed by atoms with van der Waals surface area (Å²) >= 11 is 6.10. The van der Waals surface area contributed by atoms with E-state index in [1.807, 2.05) is 38.1 Å². The van der Waals surface area contributed by atoms with Crippen molar-refractivity contribution in [2.75, 3.05) is 0 Å². The molecule has 0 aliphatic carbocycles. The Morgan fingerprint density at radius 2 is 2.21 bits per heavy atom. The number of aromatic nitrogens is 2. The second kappa shape index (κ2) is 5.89. The molecule has 2 aromatic rings. The molecular formula is C14H16ClN3O. The molecule has 0 aliphatic heterocycles. The minimum Gasteiger partial charge on any atom is -0.349 e. The van der Waals surface area contributed by atoms with Crippen LogP contribution in [0.5, 0.6) is 0 Å². The highest BCUT2D eigenvalue weighted by Crippen LogP contribution is 2.16. The van der Waals surface area contributed by atoms with Gasteiger partial charge in [0.2, 0.25) is 0 Å². The average molecular weight is 278 g/mol. The van der Waals surface area contributed by atoms with Gasteiger partial charge in [-0.25, -0.2) is 0 Å². The van der Waals surface area contributed by atoms with Crippen molar-refractivity contribution in [1.29, 1.82) is 0 Å². The highest BCUT2D eigenvalue weighted by atomic mass is 35.5. The second-order valence-corrected chi connectivity index (χ2v) is 4.99. The fourth-order valence-electron chi connectivity index (χ4n) is 1.93. The van der Waals surface area contributed by atoms with Crippen LogP contribution in [0, 0.1) is 6.92 Å². The topological polar surface area (TPSA) is 57.8 Å². The Bertz CT molecular complexity index is 580. The summed E-state index contributed by atoms with van der Waals surface area (Å²) in [5.41, 5.74) is 2.37. The molecule has 1 atom stereocenters. The van der Waals surface area contributed by atoms with Gasteiger partial charge >= 0.3 is 0 Å². The molecule has 0 saturated carbocycles. The van der Waals surface area contributed by atoms with Crippen molar-refractivity contribution >= 4 is 17.5 Å². The molecular weight excluding hydrogens is 262 g/mol. The molecule has 5 heteroatoms. The van der Waals surface area contributed by atoms with Gasteiger partial charge in [0.05, 0.1) is 11.8 Å². The van der Waals surface area contributed by atoms with Crippen molar-refractivity contribution in [1.82, 2.24) is 15.5 Å². The molecule has 0 saturated heterocycles. The first-order valence-corrected chi connectivity index (χ1v) is 6.50. The van der Waals surface area contributed by atoms with E-state index in [-0.39, 0.29) is 11.9 Å². The van der Waals surface area contributed by atoms with Gasteiger partial charge in [0.25, 0.3) is 5.91 Å². The van der Waals surface area contributed by atoms with Crippen LogP contribution in [0.15, 0.2) is 30.5 Å². The van der Waals surface area contributed by atoms with Crippen LogP contribution in [0.4, 0.5) is 0 Å². The Morgan fingerprint density at radius 3 is 2.84 bits per heavy atom. The second-order valence-electron chi connectivity index (χ2n) is 4.58. The number of carbonyl (C=O) groups excluding carboxylic acids is 1. The molecule has 2 rings (SSSR count). The predicted octanol–water partition coefficient (Wildman–Crippen LogP) is 2.73. The minimum absolute atomic E-state index is 0.00157. The fourth-order valence-corrected chi connectivity index (χ4v) is 2.14. The molecule has 0 bridgehead atoms. The SMILES string of the molecule is Cc1[nH]ncc1C(=O)NC(C)Cc1ccccc1Cl. The lowest BCUT2D eigenvalue weighted by Crippen LogP contribution is -2.34. The molecule has 100 valence electrons. The Hall–Kier alpha value is -1.81. The summed E-state index contributed by atoms with van der Waals surface area (Å²) in [6.07, 6.45) is 2.23. The van der Waals surface area contributed by atoms with Gasteiger partial charge in [0.1, 0.15) is 0 Å². The standard InChI is InChI=1S/C14H16ClN3O/c1-9(7-11-5-3-4-6-13(11)15)17-14(19)12-8-16-18-10(12)2/h3-6,8-9H,7H2,1-2H3,(H,16,18)(H,17,19). The molecule has 1 aromatic heterocycles. The molecule has 1 unspecified atom stereocenters. The number of rotatable bonds is 4. The van der Waals surface area contributed by atoms with Crippen LogP contribution < -0.4 is 5.32 Å². The summed E-state index contributed by atoms with van der Waals surface area (Å²) in [5, 5.41) is 10.3. The predicted molar refractivity (Wildman–Crippen MR) is 75.4 cm³/mol. The maximum absolute atomic E-state index is 12.0. The summed E-state index contributed by atoms with van der Waals surface area (Å²) in [7, 11) is 0. The number of hydrogen-bond acceptors (Lipinski definition) is 2. The van der Waals surface area contributed by atoms with Gasteiger partial charge in [-0.3, -0.25) is 9.89 Å². The monoisotopic (exact) mass is 277 g/mol. The average Bonchev–Trinajstić information content (AvgIpc) is 2.78. The summed E-state index contributed by atoms with van der Waals surface area (Å²) in [5.74, 6) is -0.120. The summed E-state index contributed by atoms with van der Waals surface area (Å²) in [6, 6.07) is 7.65. The van der Waals surface area contributed by atoms with Crippen molar-refractivity contribution in [3.8, 4) is 0 Å². The summed E-state index contributed by atoms with van der Waals surface area (Å²) in [6.45, 7) is 3.78. The third-order valence-corrected chi connectivity index (χ3v) is 3.30. The van der Waals surface area contributed by atoms with E-state index in [0.29, 0.717) is 12.0 Å². The Kier molecular flexibility index (Phi) is 4.22. The minimum atomic E-state index is -0.120. The largest absolute Gasteiger partial charge is 0.349 e. The van der Waals surface area contributed by atoms with Crippen molar-refractivity contribution in [3.05, 3.63) is 52.3 Å². The third-order valence-electron chi connectivity index (χ3n) is 2.94. The van der Waals surface area contributed by atoms with Gasteiger partial charge < -0.3 is 5.32 Å². The van der Waals surface area contributed by atoms with Crippen molar-refractivity contribution in [2.45, 2.75) is 26.3 Å². The number of benzene rings is 1. The highest BCUT2D eigenvalue weighted by molar-refractivity contribution is 6.31. The van der Waals surface area contributed by atoms with E-state index >= 15 is 0 Å². The van der Waals surface area contributed by atoms with Crippen molar-refractivity contribution in [2.24, 2.45) is 0 Å². The molecule has 0 radical (unpaired) electrons. The van der Waals surface area contributed by atoms with E-state index in [0.717, 1.165) is 16.3 Å². The smallest absolute Gasteiger partial charge is 0.254 e. The lowest BCUT2D eigenvalue weighted by Gasteiger charge is -2.14. The maximum atomic E-state index is 12.0. The van der Waals surface area contributed by atoms with Gasteiger partial charge in [0, 0.05) is 16.8 Å². The summed E-state index contributed by atoms with van der Waals surface area (Å²) < 4.78 is 0. The van der Waals surface area contributed by atoms with Crippen LogP contribution >= 0.6 is 11.6 Å². The van der Waals surface area contributed by atoms with Crippen LogP contribution in [-0.4, -0.2) is 22.1 Å². The van der Waals surface area contributed by atoms with Crippen LogP contribution in [0.1, 0.15) is 28.5 Å². The molecule has 19 heavy (non-hydrogen) atoms. The number of aromatic amines is 1. The number of nitrogens with one attached hydrogen (secondary N) is 2. The molecule has 0 spiro atoms. The number of carbonyl (C=O) groups is 1. The number of H-pyrrole nitrogens is 1. The zero-order valence-electron chi connectivity index (χ0n) is 10.9. The molecule has 2 N–H and O–H groups in total. The first-order valence-electron chi connectivity index (χ1n) is 6.12. The number of aryl methyl sites for hydroxylation is 1. The van der Waals surface area contributed by atoms with Gasteiger partial charge in [-0.05, 0) is 31.9 Å². The van der Waals surface area contributed by atoms with E-state index in [4.69, 9.17) is 11.6 Å². The van der Waals surface area contributed by atoms with E-state index in [9.17, 15) is 4.79 Å². The molecule has 1 amide bonds. The first kappa shape index (κ1) is 13.6. The van der Waals surface area contributed by atoms with Gasteiger partial charge in [-0.15, -0.1) is 0 Å². The number of nitrogens with zero attached hydrogens (tertiary/aromatic N) is 1. The van der Waals surface area contributed by atoms with E-state index < -0.39 is 0 Å². The zero-order chi connectivity index (χ0) is 13.8. The quantitative estimate of drug-likeness (QED) is 0.903. The number of hydrogen-bond donors (Lipinski definition) is 2. The molecule has 0 aliphatic rings. The molecule has 1 aromatic carbocycles. The number of amides is 1. The summed E-state index contributed by atoms with van der Waals surface area (Å²) in [4.78, 5) is 12.0. The highest BCUT2D eigenvalue weighted by Gasteiger charge is 2.14. The Balaban J connectivity index is 1.99. The van der Waals surface area contributed by atoms with Crippen LogP contribution in [0.2, 0.25) is 5.02 Å². The van der Waals surface area contributed by atoms with E-state index in [2.05, 4.69) is 15.5 Å². The Labute approximate surface area is 117 Å². The van der Waals surface area contributed by atoms with Crippen LogP contribution in [0.25, 0.3) is 0 Å². The Morgan fingerprint density at radius 1 is 1.47 bits per heavy atom. The molecule has 0 fully saturated rings. The zero-order valence-corrected chi connectivity index (χ0v) is 11.7. The maximum Gasteiger partial charge on any atom is 0.254 e. The van der Waals surface area contributed by atoms with Crippen LogP contribution in [-0.2, 0) is 6.42 Å². The fraction of sp³-hybridized carbons (Fsp3) is 0.286. The van der Waals surface area contributed by atoms with Gasteiger partial charge in [0.15, 0.2) is 0 Å². The number of halogens is 1. The first-order chi connectivity index (χ1) is 9.08. The normalized spacial score (nSPS) is 12.2. The molecule has 4 nitrogen and oxygen atoms in total. The lowest BCUT2D eigenvalue weighted by molar-refractivity contribution is 0.0939. The van der Waals surface area contributed by atoms with Gasteiger partial charge in [-0.2, -0.15) is 5.10 Å². The van der Waals surface area contributed by atoms with Crippen molar-refractivity contribution < 1.29 is 4.79 Å². The molecule has 1 heterocycles. The van der Waals surface area contributed by atoms with E-state index in [1.54, 1.807) is 0 Å². The third kappa shape index (κ3) is 3.35. The van der Waals surface area contributed by atoms with E-state index in [1.165, 1.54) is 6.20 Å². The van der Waals surface area contributed by atoms with Gasteiger partial charge in [-0.1, -0.05) is 29.8 Å². The van der Waals surface area contributed by atoms with Crippen molar-refractivity contribution in [3.63, 3.8) is 0 Å². The van der Waals surface area contributed by atoms with Crippen LogP contribution in [0.3, 0.4) is 0 Å².